The monoisotopic (exact) mass is 385 g/mol. The molecule has 3 aromatic carbocycles. The van der Waals surface area contributed by atoms with Crippen molar-refractivity contribution in [3.8, 4) is 11.5 Å². The standard InChI is InChI=1S/C24H19NO4/c1-17-25-22-13-12-21(15-23(22)28-17)29-24(26)14-9-18-7-10-20(11-8-18)27-16-19-5-3-2-4-6-19/h2-15H,16H2,1H3/b14-9+. The summed E-state index contributed by atoms with van der Waals surface area (Å²) < 4.78 is 16.5. The molecule has 0 amide bonds. The Hall–Kier alpha value is -3.86. The molecule has 144 valence electrons. The van der Waals surface area contributed by atoms with E-state index in [9.17, 15) is 4.79 Å². The first-order valence-electron chi connectivity index (χ1n) is 9.19. The van der Waals surface area contributed by atoms with E-state index in [0.29, 0.717) is 23.8 Å². The summed E-state index contributed by atoms with van der Waals surface area (Å²) >= 11 is 0. The lowest BCUT2D eigenvalue weighted by atomic mass is 10.2. The van der Waals surface area contributed by atoms with E-state index in [2.05, 4.69) is 4.98 Å². The smallest absolute Gasteiger partial charge is 0.336 e. The van der Waals surface area contributed by atoms with Gasteiger partial charge in [-0.25, -0.2) is 9.78 Å². The van der Waals surface area contributed by atoms with Crippen molar-refractivity contribution in [2.75, 3.05) is 0 Å². The lowest BCUT2D eigenvalue weighted by molar-refractivity contribution is -0.128. The molecule has 0 atom stereocenters. The number of oxazole rings is 1. The number of carbonyl (C=O) groups excluding carboxylic acids is 1. The Labute approximate surface area is 168 Å². The molecule has 0 aliphatic carbocycles. The number of aryl methyl sites for hydroxylation is 1. The molecule has 0 bridgehead atoms. The predicted octanol–water partition coefficient (Wildman–Crippen LogP) is 5.33. The van der Waals surface area contributed by atoms with Crippen LogP contribution in [0.15, 0.2) is 83.3 Å². The Bertz CT molecular complexity index is 1140. The second-order valence-electron chi connectivity index (χ2n) is 6.46. The van der Waals surface area contributed by atoms with E-state index in [4.69, 9.17) is 13.9 Å². The van der Waals surface area contributed by atoms with Gasteiger partial charge >= 0.3 is 5.97 Å². The first-order valence-corrected chi connectivity index (χ1v) is 9.19. The fourth-order valence-corrected chi connectivity index (χ4v) is 2.81. The number of rotatable bonds is 6. The molecule has 5 nitrogen and oxygen atoms in total. The SMILES string of the molecule is Cc1nc2ccc(OC(=O)/C=C/c3ccc(OCc4ccccc4)cc3)cc2o1. The third-order valence-electron chi connectivity index (χ3n) is 4.23. The topological polar surface area (TPSA) is 61.6 Å². The number of carbonyl (C=O) groups is 1. The van der Waals surface area contributed by atoms with Crippen LogP contribution < -0.4 is 9.47 Å². The molecular formula is C24H19NO4. The second-order valence-corrected chi connectivity index (χ2v) is 6.46. The van der Waals surface area contributed by atoms with Gasteiger partial charge in [0.15, 0.2) is 11.5 Å². The number of hydrogen-bond acceptors (Lipinski definition) is 5. The molecule has 0 spiro atoms. The molecule has 0 unspecified atom stereocenters. The lowest BCUT2D eigenvalue weighted by Crippen LogP contribution is -2.03. The van der Waals surface area contributed by atoms with Crippen LogP contribution in [-0.4, -0.2) is 11.0 Å². The maximum Gasteiger partial charge on any atom is 0.336 e. The summed E-state index contributed by atoms with van der Waals surface area (Å²) in [5.41, 5.74) is 3.29. The molecule has 0 saturated heterocycles. The first kappa shape index (κ1) is 18.5. The van der Waals surface area contributed by atoms with Crippen molar-refractivity contribution in [2.24, 2.45) is 0 Å². The van der Waals surface area contributed by atoms with Crippen LogP contribution >= 0.6 is 0 Å². The summed E-state index contributed by atoms with van der Waals surface area (Å²) in [5, 5.41) is 0. The number of benzene rings is 3. The Morgan fingerprint density at radius 3 is 2.55 bits per heavy atom. The summed E-state index contributed by atoms with van der Waals surface area (Å²) in [5.74, 6) is 1.28. The van der Waals surface area contributed by atoms with Crippen molar-refractivity contribution < 1.29 is 18.7 Å². The Morgan fingerprint density at radius 2 is 1.76 bits per heavy atom. The van der Waals surface area contributed by atoms with Gasteiger partial charge in [0, 0.05) is 19.1 Å². The summed E-state index contributed by atoms with van der Waals surface area (Å²) in [7, 11) is 0. The molecule has 0 aliphatic rings. The first-order chi connectivity index (χ1) is 14.2. The molecule has 4 aromatic rings. The summed E-state index contributed by atoms with van der Waals surface area (Å²) in [6, 6.07) is 22.6. The zero-order chi connectivity index (χ0) is 20.1. The minimum Gasteiger partial charge on any atom is -0.489 e. The predicted molar refractivity (Wildman–Crippen MR) is 111 cm³/mol. The lowest BCUT2D eigenvalue weighted by Gasteiger charge is -2.06. The van der Waals surface area contributed by atoms with E-state index in [1.165, 1.54) is 6.08 Å². The van der Waals surface area contributed by atoms with Gasteiger partial charge in [0.25, 0.3) is 0 Å². The highest BCUT2D eigenvalue weighted by Gasteiger charge is 2.06. The van der Waals surface area contributed by atoms with Gasteiger partial charge in [-0.15, -0.1) is 0 Å². The van der Waals surface area contributed by atoms with Gasteiger partial charge in [-0.1, -0.05) is 42.5 Å². The van der Waals surface area contributed by atoms with Gasteiger partial charge in [-0.3, -0.25) is 0 Å². The largest absolute Gasteiger partial charge is 0.489 e. The molecule has 4 rings (SSSR count). The van der Waals surface area contributed by atoms with E-state index in [1.807, 2.05) is 54.6 Å². The van der Waals surface area contributed by atoms with E-state index in [0.717, 1.165) is 22.4 Å². The molecule has 0 radical (unpaired) electrons. The molecular weight excluding hydrogens is 366 g/mol. The van der Waals surface area contributed by atoms with Crippen LogP contribution in [-0.2, 0) is 11.4 Å². The van der Waals surface area contributed by atoms with Gasteiger partial charge < -0.3 is 13.9 Å². The van der Waals surface area contributed by atoms with Gasteiger partial charge in [0.05, 0.1) is 0 Å². The van der Waals surface area contributed by atoms with E-state index in [-0.39, 0.29) is 0 Å². The maximum absolute atomic E-state index is 12.1. The number of fused-ring (bicyclic) bond motifs is 1. The van der Waals surface area contributed by atoms with E-state index < -0.39 is 5.97 Å². The average Bonchev–Trinajstić information content (AvgIpc) is 3.11. The Morgan fingerprint density at radius 1 is 1.00 bits per heavy atom. The molecule has 0 aliphatic heterocycles. The van der Waals surface area contributed by atoms with Gasteiger partial charge in [-0.05, 0) is 41.5 Å². The van der Waals surface area contributed by atoms with Gasteiger partial charge in [0.2, 0.25) is 0 Å². The molecule has 0 fully saturated rings. The fraction of sp³-hybridized carbons (Fsp3) is 0.0833. The number of nitrogens with zero attached hydrogens (tertiary/aromatic N) is 1. The van der Waals surface area contributed by atoms with Crippen molar-refractivity contribution in [3.05, 3.63) is 95.9 Å². The number of aromatic nitrogens is 1. The molecule has 1 aromatic heterocycles. The third kappa shape index (κ3) is 4.90. The summed E-state index contributed by atoms with van der Waals surface area (Å²) in [6.07, 6.45) is 3.08. The highest BCUT2D eigenvalue weighted by atomic mass is 16.5. The van der Waals surface area contributed by atoms with Crippen molar-refractivity contribution >= 4 is 23.1 Å². The van der Waals surface area contributed by atoms with Crippen LogP contribution in [0.2, 0.25) is 0 Å². The van der Waals surface area contributed by atoms with Crippen molar-refractivity contribution in [1.82, 2.24) is 4.98 Å². The highest BCUT2D eigenvalue weighted by molar-refractivity contribution is 5.89. The number of hydrogen-bond donors (Lipinski definition) is 0. The molecule has 0 saturated carbocycles. The summed E-state index contributed by atoms with van der Waals surface area (Å²) in [6.45, 7) is 2.28. The normalized spacial score (nSPS) is 11.1. The van der Waals surface area contributed by atoms with Gasteiger partial charge in [-0.2, -0.15) is 0 Å². The molecule has 29 heavy (non-hydrogen) atoms. The van der Waals surface area contributed by atoms with Gasteiger partial charge in [0.1, 0.15) is 23.6 Å². The van der Waals surface area contributed by atoms with Crippen molar-refractivity contribution in [2.45, 2.75) is 13.5 Å². The average molecular weight is 385 g/mol. The zero-order valence-electron chi connectivity index (χ0n) is 15.9. The quantitative estimate of drug-likeness (QED) is 0.255. The van der Waals surface area contributed by atoms with Crippen LogP contribution in [0.1, 0.15) is 17.0 Å². The minimum absolute atomic E-state index is 0.410. The number of esters is 1. The van der Waals surface area contributed by atoms with E-state index >= 15 is 0 Å². The van der Waals surface area contributed by atoms with Crippen LogP contribution in [0.3, 0.4) is 0 Å². The van der Waals surface area contributed by atoms with Crippen LogP contribution in [0.25, 0.3) is 17.2 Å². The van der Waals surface area contributed by atoms with Crippen LogP contribution in [0.5, 0.6) is 11.5 Å². The molecule has 5 heteroatoms. The molecule has 0 N–H and O–H groups in total. The summed E-state index contributed by atoms with van der Waals surface area (Å²) in [4.78, 5) is 16.3. The van der Waals surface area contributed by atoms with Crippen molar-refractivity contribution in [3.63, 3.8) is 0 Å². The Kier molecular flexibility index (Phi) is 5.38. The second kappa shape index (κ2) is 8.44. The fourth-order valence-electron chi connectivity index (χ4n) is 2.81. The Balaban J connectivity index is 1.33. The third-order valence-corrected chi connectivity index (χ3v) is 4.23. The highest BCUT2D eigenvalue weighted by Crippen LogP contribution is 2.22. The minimum atomic E-state index is -0.468. The zero-order valence-corrected chi connectivity index (χ0v) is 15.9. The van der Waals surface area contributed by atoms with Crippen molar-refractivity contribution in [1.29, 1.82) is 0 Å². The molecule has 1 heterocycles. The van der Waals surface area contributed by atoms with Crippen LogP contribution in [0.4, 0.5) is 0 Å². The maximum atomic E-state index is 12.1. The van der Waals surface area contributed by atoms with Crippen LogP contribution in [0, 0.1) is 6.92 Å². The number of ether oxygens (including phenoxy) is 2. The van der Waals surface area contributed by atoms with E-state index in [1.54, 1.807) is 31.2 Å².